The number of hydrogen-bond acceptors (Lipinski definition) is 4. The van der Waals surface area contributed by atoms with Crippen LogP contribution in [0, 0.1) is 0 Å². The Bertz CT molecular complexity index is 320. The van der Waals surface area contributed by atoms with Crippen molar-refractivity contribution in [3.05, 3.63) is 0 Å². The number of nitrogens with zero attached hydrogens (tertiary/aromatic N) is 4. The second kappa shape index (κ2) is 1.52. The van der Waals surface area contributed by atoms with Gasteiger partial charge in [0.2, 0.25) is 0 Å². The van der Waals surface area contributed by atoms with Crippen LogP contribution in [0.15, 0.2) is 0 Å². The monoisotopic (exact) mass is 191 g/mol. The second-order valence-electron chi connectivity index (χ2n) is 1.47. The first-order chi connectivity index (χ1) is 4.38. The fourth-order valence-electron chi connectivity index (χ4n) is 0.544. The van der Waals surface area contributed by atoms with E-state index in [1.54, 1.807) is 0 Å². The van der Waals surface area contributed by atoms with Crippen molar-refractivity contribution < 1.29 is 4.52 Å². The molecule has 2 aromatic rings. The first kappa shape index (κ1) is 4.89. The molecule has 3 N–H and O–H groups in total. The Hall–Kier alpha value is -0.941. The molecular formula is C2H3N6Se+. The molecular weight excluding hydrogens is 187 g/mol. The number of rotatable bonds is 0. The van der Waals surface area contributed by atoms with Crippen molar-refractivity contribution in [3.8, 4) is 0 Å². The topological polar surface area (TPSA) is 84.6 Å². The Morgan fingerprint density at radius 1 is 1.67 bits per heavy atom. The van der Waals surface area contributed by atoms with Gasteiger partial charge in [0.25, 0.3) is 0 Å². The minimum atomic E-state index is -0.0388. The Kier molecular flexibility index (Phi) is 0.826. The van der Waals surface area contributed by atoms with Crippen molar-refractivity contribution >= 4 is 26.7 Å². The molecule has 0 bridgehead atoms. The van der Waals surface area contributed by atoms with Gasteiger partial charge in [0.1, 0.15) is 0 Å². The first-order valence-corrected chi connectivity index (χ1v) is 3.75. The van der Waals surface area contributed by atoms with Crippen molar-refractivity contribution in [2.75, 3.05) is 5.73 Å². The summed E-state index contributed by atoms with van der Waals surface area (Å²) in [5, 5.41) is 6.31. The Labute approximate surface area is 55.9 Å². The van der Waals surface area contributed by atoms with Crippen molar-refractivity contribution in [3.63, 3.8) is 0 Å². The summed E-state index contributed by atoms with van der Waals surface area (Å²) in [7, 11) is 0. The van der Waals surface area contributed by atoms with Gasteiger partial charge in [-0.15, -0.1) is 0 Å². The van der Waals surface area contributed by atoms with E-state index in [2.05, 4.69) is 18.3 Å². The van der Waals surface area contributed by atoms with Gasteiger partial charge in [0, 0.05) is 0 Å². The first-order valence-electron chi connectivity index (χ1n) is 2.22. The van der Waals surface area contributed by atoms with E-state index in [1.807, 2.05) is 0 Å². The molecule has 0 spiro atoms. The van der Waals surface area contributed by atoms with E-state index in [1.165, 1.54) is 4.52 Å². The van der Waals surface area contributed by atoms with E-state index < -0.39 is 0 Å². The van der Waals surface area contributed by atoms with Crippen LogP contribution in [0.4, 0.5) is 5.95 Å². The van der Waals surface area contributed by atoms with Gasteiger partial charge in [0.05, 0.1) is 0 Å². The van der Waals surface area contributed by atoms with Crippen LogP contribution >= 0.6 is 0 Å². The molecule has 46 valence electrons. The summed E-state index contributed by atoms with van der Waals surface area (Å²) >= 11 is -0.0388. The van der Waals surface area contributed by atoms with E-state index in [4.69, 9.17) is 5.73 Å². The van der Waals surface area contributed by atoms with Crippen molar-refractivity contribution in [2.24, 2.45) is 0 Å². The number of hydrogen-bond donors (Lipinski definition) is 2. The molecule has 2 heterocycles. The zero-order valence-electron chi connectivity index (χ0n) is 4.27. The molecule has 2 aromatic heterocycles. The Balaban J connectivity index is 2.99. The van der Waals surface area contributed by atoms with Gasteiger partial charge in [-0.2, -0.15) is 0 Å². The SMILES string of the molecule is Nc1n[nH]c2n[se]n[n+]12. The summed E-state index contributed by atoms with van der Waals surface area (Å²) in [6, 6.07) is 0. The molecule has 0 aliphatic carbocycles. The number of anilines is 1. The van der Waals surface area contributed by atoms with E-state index in [9.17, 15) is 0 Å². The summed E-state index contributed by atoms with van der Waals surface area (Å²) < 4.78 is 9.43. The van der Waals surface area contributed by atoms with E-state index in [0.717, 1.165) is 0 Å². The minimum absolute atomic E-state index is 0.0388. The molecule has 2 rings (SSSR count). The van der Waals surface area contributed by atoms with Gasteiger partial charge in [-0.1, -0.05) is 0 Å². The quantitative estimate of drug-likeness (QED) is 0.357. The van der Waals surface area contributed by atoms with Crippen LogP contribution in [-0.4, -0.2) is 33.2 Å². The molecule has 0 aliphatic rings. The van der Waals surface area contributed by atoms with E-state index >= 15 is 0 Å². The zero-order chi connectivity index (χ0) is 6.27. The van der Waals surface area contributed by atoms with Crippen LogP contribution in [0.25, 0.3) is 5.78 Å². The second-order valence-corrected chi connectivity index (χ2v) is 2.54. The van der Waals surface area contributed by atoms with Gasteiger partial charge in [-0.3, -0.25) is 0 Å². The van der Waals surface area contributed by atoms with Crippen LogP contribution in [0.1, 0.15) is 0 Å². The molecule has 0 unspecified atom stereocenters. The molecule has 9 heavy (non-hydrogen) atoms. The maximum absolute atomic E-state index is 5.37. The normalized spacial score (nSPS) is 10.7. The summed E-state index contributed by atoms with van der Waals surface area (Å²) in [6.07, 6.45) is 0. The summed E-state index contributed by atoms with van der Waals surface area (Å²) in [5.41, 5.74) is 5.37. The molecule has 6 nitrogen and oxygen atoms in total. The van der Waals surface area contributed by atoms with Crippen molar-refractivity contribution in [1.29, 1.82) is 0 Å². The number of nitrogens with two attached hydrogens (primary N) is 1. The standard InChI is InChI=1S/C2H2N6Se/c3-1-4-5-2-6-9-7-8(1)2/h3,7H/p+1. The average molecular weight is 190 g/mol. The molecule has 0 amide bonds. The third-order valence-corrected chi connectivity index (χ3v) is 1.96. The number of aromatic nitrogens is 5. The number of nitrogen functional groups attached to an aromatic ring is 1. The molecule has 0 radical (unpaired) electrons. The number of H-pyrrole nitrogens is 1. The van der Waals surface area contributed by atoms with Gasteiger partial charge in [-0.25, -0.2) is 0 Å². The molecule has 0 fully saturated rings. The molecule has 0 saturated carbocycles. The number of aromatic amines is 1. The summed E-state index contributed by atoms with van der Waals surface area (Å²) in [6.45, 7) is 0. The predicted octanol–water partition coefficient (Wildman–Crippen LogP) is -2.42. The number of fused-ring (bicyclic) bond motifs is 1. The predicted molar refractivity (Wildman–Crippen MR) is 28.7 cm³/mol. The summed E-state index contributed by atoms with van der Waals surface area (Å²) in [4.78, 5) is 0. The fourth-order valence-corrected chi connectivity index (χ4v) is 1.52. The van der Waals surface area contributed by atoms with Crippen LogP contribution < -0.4 is 10.2 Å². The zero-order valence-corrected chi connectivity index (χ0v) is 5.99. The van der Waals surface area contributed by atoms with Crippen LogP contribution in [0.5, 0.6) is 0 Å². The maximum atomic E-state index is 5.37. The number of nitrogens with one attached hydrogen (secondary N) is 1. The molecule has 0 aromatic carbocycles. The van der Waals surface area contributed by atoms with Gasteiger partial charge >= 0.3 is 55.2 Å². The van der Waals surface area contributed by atoms with Crippen LogP contribution in [0.3, 0.4) is 0 Å². The third kappa shape index (κ3) is 0.554. The molecule has 0 atom stereocenters. The molecule has 7 heteroatoms. The van der Waals surface area contributed by atoms with Crippen molar-refractivity contribution in [1.82, 2.24) is 18.3 Å². The molecule has 0 aliphatic heterocycles. The summed E-state index contributed by atoms with van der Waals surface area (Å²) in [5.74, 6) is 1.01. The van der Waals surface area contributed by atoms with Crippen LogP contribution in [-0.2, 0) is 0 Å². The molecule has 0 saturated heterocycles. The van der Waals surface area contributed by atoms with Gasteiger partial charge < -0.3 is 0 Å². The van der Waals surface area contributed by atoms with Crippen molar-refractivity contribution in [2.45, 2.75) is 0 Å². The van der Waals surface area contributed by atoms with Gasteiger partial charge in [-0.05, 0) is 0 Å². The average Bonchev–Trinajstić information content (AvgIpc) is 2.35. The Morgan fingerprint density at radius 2 is 2.56 bits per heavy atom. The third-order valence-electron chi connectivity index (χ3n) is 0.934. The van der Waals surface area contributed by atoms with E-state index in [0.29, 0.717) is 11.7 Å². The van der Waals surface area contributed by atoms with Crippen LogP contribution in [0.2, 0.25) is 0 Å². The van der Waals surface area contributed by atoms with Gasteiger partial charge in [0.15, 0.2) is 0 Å². The van der Waals surface area contributed by atoms with E-state index in [-0.39, 0.29) is 15.0 Å². The Morgan fingerprint density at radius 3 is 3.33 bits per heavy atom. The fraction of sp³-hybridized carbons (Fsp3) is 0.